The van der Waals surface area contributed by atoms with Gasteiger partial charge in [-0.3, -0.25) is 9.59 Å². The number of epoxide rings is 1. The summed E-state index contributed by atoms with van der Waals surface area (Å²) < 4.78 is 6.01. The van der Waals surface area contributed by atoms with Crippen molar-refractivity contribution in [2.24, 2.45) is 29.1 Å². The van der Waals surface area contributed by atoms with Crippen LogP contribution in [0.1, 0.15) is 59.3 Å². The first-order valence-corrected chi connectivity index (χ1v) is 10.7. The number of hydrogen-bond acceptors (Lipinski definition) is 4. The molecule has 1 amide bonds. The quantitative estimate of drug-likeness (QED) is 0.442. The summed E-state index contributed by atoms with van der Waals surface area (Å²) in [4.78, 5) is 27.0. The Labute approximate surface area is 161 Å². The van der Waals surface area contributed by atoms with Crippen LogP contribution in [0.4, 0.5) is 0 Å². The second kappa shape index (κ2) is 7.00. The molecule has 1 spiro atoms. The van der Waals surface area contributed by atoms with Crippen molar-refractivity contribution in [1.82, 2.24) is 5.32 Å². The van der Waals surface area contributed by atoms with E-state index < -0.39 is 11.5 Å². The molecule has 150 valence electrons. The highest BCUT2D eigenvalue weighted by molar-refractivity contribution is 6.09. The molecule has 27 heavy (non-hydrogen) atoms. The summed E-state index contributed by atoms with van der Waals surface area (Å²) in [5.74, 6) is 0.318. The van der Waals surface area contributed by atoms with Crippen LogP contribution in [0.25, 0.3) is 0 Å². The molecule has 3 fully saturated rings. The van der Waals surface area contributed by atoms with Gasteiger partial charge in [-0.15, -0.1) is 0 Å². The summed E-state index contributed by atoms with van der Waals surface area (Å²) in [5, 5.41) is 13.5. The van der Waals surface area contributed by atoms with Gasteiger partial charge >= 0.3 is 0 Å². The number of carbonyl (C=O) groups is 2. The van der Waals surface area contributed by atoms with Gasteiger partial charge in [0.25, 0.3) is 0 Å². The molecular weight excluding hydrogens is 342 g/mol. The van der Waals surface area contributed by atoms with Crippen molar-refractivity contribution in [3.63, 3.8) is 0 Å². The number of fused-ring (bicyclic) bond motifs is 2. The Morgan fingerprint density at radius 1 is 1.22 bits per heavy atom. The second-order valence-electron chi connectivity index (χ2n) is 9.53. The Hall–Kier alpha value is -1.20. The summed E-state index contributed by atoms with van der Waals surface area (Å²) in [6, 6.07) is 0.0209. The van der Waals surface area contributed by atoms with Gasteiger partial charge in [0.1, 0.15) is 11.2 Å². The van der Waals surface area contributed by atoms with E-state index in [0.717, 1.165) is 25.7 Å². The van der Waals surface area contributed by atoms with Crippen molar-refractivity contribution in [3.8, 4) is 0 Å². The summed E-state index contributed by atoms with van der Waals surface area (Å²) in [5.41, 5.74) is -1.03. The fourth-order valence-corrected chi connectivity index (χ4v) is 6.15. The second-order valence-corrected chi connectivity index (χ2v) is 9.53. The highest BCUT2D eigenvalue weighted by Crippen LogP contribution is 2.61. The lowest BCUT2D eigenvalue weighted by molar-refractivity contribution is -0.147. The van der Waals surface area contributed by atoms with Crippen molar-refractivity contribution in [2.75, 3.05) is 0 Å². The molecule has 0 radical (unpaired) electrons. The van der Waals surface area contributed by atoms with E-state index in [1.54, 1.807) is 6.08 Å². The third-order valence-electron chi connectivity index (χ3n) is 7.31. The highest BCUT2D eigenvalue weighted by Gasteiger charge is 2.73. The monoisotopic (exact) mass is 375 g/mol. The van der Waals surface area contributed by atoms with Crippen LogP contribution >= 0.6 is 0 Å². The molecule has 4 rings (SSSR count). The van der Waals surface area contributed by atoms with Crippen LogP contribution in [0, 0.1) is 29.1 Å². The Kier molecular flexibility index (Phi) is 4.96. The van der Waals surface area contributed by atoms with Crippen molar-refractivity contribution >= 4 is 11.7 Å². The van der Waals surface area contributed by atoms with Crippen LogP contribution in [-0.4, -0.2) is 41.2 Å². The Morgan fingerprint density at radius 2 is 2.00 bits per heavy atom. The molecular formula is C22H33NO4. The van der Waals surface area contributed by atoms with Gasteiger partial charge in [-0.2, -0.15) is 0 Å². The minimum atomic E-state index is -1.03. The number of ketones is 1. The Bertz CT molecular complexity index is 644. The molecule has 4 aliphatic rings. The largest absolute Gasteiger partial charge is 0.389 e. The number of carbonyl (C=O) groups excluding carboxylic acids is 2. The molecule has 5 heteroatoms. The minimum Gasteiger partial charge on any atom is -0.389 e. The maximum atomic E-state index is 13.6. The topological polar surface area (TPSA) is 78.9 Å². The highest BCUT2D eigenvalue weighted by atomic mass is 16.6. The maximum absolute atomic E-state index is 13.6. The summed E-state index contributed by atoms with van der Waals surface area (Å²) in [6.07, 6.45) is 7.92. The number of Topliss-reactive ketones (excluding diaryl/α,β-unsaturated/α-hetero) is 1. The van der Waals surface area contributed by atoms with Gasteiger partial charge in [0.2, 0.25) is 5.91 Å². The van der Waals surface area contributed by atoms with Crippen LogP contribution in [0.15, 0.2) is 12.2 Å². The van der Waals surface area contributed by atoms with Crippen LogP contribution < -0.4 is 5.32 Å². The average molecular weight is 376 g/mol. The number of ether oxygens (including phenoxy) is 1. The molecule has 2 saturated heterocycles. The van der Waals surface area contributed by atoms with Crippen molar-refractivity contribution in [1.29, 1.82) is 0 Å². The molecule has 2 aliphatic carbocycles. The van der Waals surface area contributed by atoms with Crippen LogP contribution in [0.3, 0.4) is 0 Å². The van der Waals surface area contributed by atoms with E-state index in [9.17, 15) is 14.7 Å². The Morgan fingerprint density at radius 3 is 2.74 bits per heavy atom. The normalized spacial score (nSPS) is 48.1. The summed E-state index contributed by atoms with van der Waals surface area (Å²) >= 11 is 0. The first-order valence-electron chi connectivity index (χ1n) is 10.7. The molecule has 8 atom stereocenters. The summed E-state index contributed by atoms with van der Waals surface area (Å²) in [7, 11) is 0. The smallest absolute Gasteiger partial charge is 0.235 e. The number of nitrogens with one attached hydrogen (secondary N) is 1. The maximum Gasteiger partial charge on any atom is 0.235 e. The van der Waals surface area contributed by atoms with E-state index in [4.69, 9.17) is 4.74 Å². The van der Waals surface area contributed by atoms with E-state index in [0.29, 0.717) is 18.8 Å². The van der Waals surface area contributed by atoms with Gasteiger partial charge in [0.05, 0.1) is 18.3 Å². The first kappa shape index (κ1) is 19.1. The van der Waals surface area contributed by atoms with Gasteiger partial charge in [-0.25, -0.2) is 0 Å². The number of aliphatic hydroxyl groups is 1. The molecule has 0 aromatic rings. The zero-order valence-corrected chi connectivity index (χ0v) is 16.7. The van der Waals surface area contributed by atoms with E-state index in [1.807, 2.05) is 6.08 Å². The third-order valence-corrected chi connectivity index (χ3v) is 7.31. The predicted molar refractivity (Wildman–Crippen MR) is 102 cm³/mol. The van der Waals surface area contributed by atoms with Crippen molar-refractivity contribution in [3.05, 3.63) is 12.2 Å². The number of hydrogen-bond donors (Lipinski definition) is 2. The van der Waals surface area contributed by atoms with Crippen molar-refractivity contribution < 1.29 is 19.4 Å². The predicted octanol–water partition coefficient (Wildman–Crippen LogP) is 2.62. The SMILES string of the molecule is CC(C)C[C@@H]1NC(=O)[C@@]23C(=O)CCCCC[C@H](O)/C=C/[C@H]2[C@@H]2O[C@@H]2[C@@H](C)[C@@H]13. The third kappa shape index (κ3) is 2.98. The molecule has 2 heterocycles. The van der Waals surface area contributed by atoms with Crippen molar-refractivity contribution in [2.45, 2.75) is 83.6 Å². The molecule has 0 aromatic carbocycles. The average Bonchev–Trinajstić information content (AvgIpc) is 3.33. The molecule has 0 aromatic heterocycles. The zero-order valence-electron chi connectivity index (χ0n) is 16.7. The Balaban J connectivity index is 1.80. The van der Waals surface area contributed by atoms with Crippen LogP contribution in [-0.2, 0) is 14.3 Å². The molecule has 2 aliphatic heterocycles. The fraction of sp³-hybridized carbons (Fsp3) is 0.818. The number of aliphatic hydroxyl groups excluding tert-OH is 1. The lowest BCUT2D eigenvalue weighted by Gasteiger charge is -2.44. The van der Waals surface area contributed by atoms with Gasteiger partial charge in [0, 0.05) is 24.3 Å². The lowest BCUT2D eigenvalue weighted by atomic mass is 9.53. The van der Waals surface area contributed by atoms with Crippen LogP contribution in [0.2, 0.25) is 0 Å². The summed E-state index contributed by atoms with van der Waals surface area (Å²) in [6.45, 7) is 6.47. The van der Waals surface area contributed by atoms with E-state index >= 15 is 0 Å². The molecule has 0 unspecified atom stereocenters. The molecule has 1 saturated carbocycles. The first-order chi connectivity index (χ1) is 12.9. The standard InChI is InChI=1S/C22H33NO4/c1-12(2)11-16-18-13(3)19-20(27-19)15-10-9-14(24)7-5-4-6-8-17(25)22(15,18)21(26)23-16/h9-10,12-16,18-20,24H,4-8,11H2,1-3H3,(H,23,26)/b10-9+/t13-,14-,15-,16-,18-,19+,20-,22+/m0/s1. The fourth-order valence-electron chi connectivity index (χ4n) is 6.15. The van der Waals surface area contributed by atoms with Crippen LogP contribution in [0.5, 0.6) is 0 Å². The van der Waals surface area contributed by atoms with Gasteiger partial charge < -0.3 is 15.2 Å². The number of amides is 1. The lowest BCUT2D eigenvalue weighted by Crippen LogP contribution is -2.56. The van der Waals surface area contributed by atoms with E-state index in [1.165, 1.54) is 0 Å². The van der Waals surface area contributed by atoms with E-state index in [-0.39, 0.29) is 47.7 Å². The minimum absolute atomic E-state index is 0.0209. The number of rotatable bonds is 2. The van der Waals surface area contributed by atoms with Gasteiger partial charge in [-0.1, -0.05) is 45.8 Å². The molecule has 5 nitrogen and oxygen atoms in total. The molecule has 2 N–H and O–H groups in total. The van der Waals surface area contributed by atoms with E-state index in [2.05, 4.69) is 26.1 Å². The molecule has 0 bridgehead atoms. The van der Waals surface area contributed by atoms with Gasteiger partial charge in [0.15, 0.2) is 0 Å². The van der Waals surface area contributed by atoms with Gasteiger partial charge in [-0.05, 0) is 31.1 Å². The zero-order chi connectivity index (χ0) is 19.3.